The van der Waals surface area contributed by atoms with Crippen LogP contribution < -0.4 is 0 Å². The second kappa shape index (κ2) is 8.76. The molecule has 1 saturated carbocycles. The highest BCUT2D eigenvalue weighted by molar-refractivity contribution is 5.94. The topological polar surface area (TPSA) is 79.5 Å². The number of piperazine rings is 1. The van der Waals surface area contributed by atoms with Crippen molar-refractivity contribution in [1.82, 2.24) is 19.9 Å². The normalized spacial score (nSPS) is 17.7. The van der Waals surface area contributed by atoms with E-state index in [1.165, 1.54) is 25.7 Å². The summed E-state index contributed by atoms with van der Waals surface area (Å²) in [6.45, 7) is 4.17. The molecule has 2 aliphatic rings. The molecule has 0 atom stereocenters. The van der Waals surface area contributed by atoms with E-state index in [0.717, 1.165) is 17.9 Å². The number of rotatable bonds is 5. The Bertz CT molecular complexity index is 847. The molecule has 29 heavy (non-hydrogen) atoms. The lowest BCUT2D eigenvalue weighted by Gasteiger charge is -2.35. The smallest absolute Gasteiger partial charge is 0.257 e. The van der Waals surface area contributed by atoms with Gasteiger partial charge in [0.2, 0.25) is 5.91 Å². The van der Waals surface area contributed by atoms with Gasteiger partial charge in [0.05, 0.1) is 0 Å². The zero-order chi connectivity index (χ0) is 20.2. The van der Waals surface area contributed by atoms with Gasteiger partial charge in [-0.05, 0) is 43.5 Å². The van der Waals surface area contributed by atoms with Crippen molar-refractivity contribution in [2.45, 2.75) is 45.4 Å². The lowest BCUT2D eigenvalue weighted by molar-refractivity contribution is -0.133. The molecule has 7 heteroatoms. The highest BCUT2D eigenvalue weighted by Crippen LogP contribution is 2.28. The molecule has 1 aromatic heterocycles. The standard InChI is InChI=1S/C22H28N4O3/c1-16-23-21(29-24-16)18-7-9-19(10-8-18)22(28)26-14-12-25(13-15-26)20(27)11-6-17-4-2-3-5-17/h7-10,17H,2-6,11-15H2,1H3. The molecule has 0 unspecified atom stereocenters. The molecule has 1 saturated heterocycles. The first-order valence-corrected chi connectivity index (χ1v) is 10.6. The van der Waals surface area contributed by atoms with Crippen LogP contribution >= 0.6 is 0 Å². The molecule has 1 aromatic carbocycles. The van der Waals surface area contributed by atoms with Crippen molar-refractivity contribution in [3.05, 3.63) is 35.7 Å². The predicted molar refractivity (Wildman–Crippen MR) is 108 cm³/mol. The first-order valence-electron chi connectivity index (χ1n) is 10.6. The maximum atomic E-state index is 12.8. The van der Waals surface area contributed by atoms with E-state index in [9.17, 15) is 9.59 Å². The predicted octanol–water partition coefficient (Wildman–Crippen LogP) is 3.30. The number of benzene rings is 1. The quantitative estimate of drug-likeness (QED) is 0.775. The van der Waals surface area contributed by atoms with Crippen molar-refractivity contribution in [1.29, 1.82) is 0 Å². The van der Waals surface area contributed by atoms with Crippen molar-refractivity contribution in [3.8, 4) is 11.5 Å². The van der Waals surface area contributed by atoms with Crippen molar-refractivity contribution >= 4 is 11.8 Å². The Hall–Kier alpha value is -2.70. The van der Waals surface area contributed by atoms with Gasteiger partial charge in [-0.3, -0.25) is 9.59 Å². The van der Waals surface area contributed by atoms with Crippen LogP contribution in [0.15, 0.2) is 28.8 Å². The van der Waals surface area contributed by atoms with Crippen LogP contribution in [0, 0.1) is 12.8 Å². The SMILES string of the molecule is Cc1noc(-c2ccc(C(=O)N3CCN(C(=O)CCC4CCCC4)CC3)cc2)n1. The molecule has 1 aliphatic carbocycles. The minimum atomic E-state index is -0.00341. The van der Waals surface area contributed by atoms with Gasteiger partial charge in [-0.25, -0.2) is 0 Å². The average molecular weight is 396 g/mol. The van der Waals surface area contributed by atoms with Gasteiger partial charge in [0.1, 0.15) is 0 Å². The molecular weight excluding hydrogens is 368 g/mol. The highest BCUT2D eigenvalue weighted by atomic mass is 16.5. The van der Waals surface area contributed by atoms with Crippen LogP contribution in [-0.4, -0.2) is 57.9 Å². The molecule has 2 fully saturated rings. The maximum Gasteiger partial charge on any atom is 0.257 e. The fourth-order valence-electron chi connectivity index (χ4n) is 4.30. The fourth-order valence-corrected chi connectivity index (χ4v) is 4.30. The molecule has 0 radical (unpaired) electrons. The van der Waals surface area contributed by atoms with Gasteiger partial charge in [0.15, 0.2) is 5.82 Å². The molecular formula is C22H28N4O3. The minimum absolute atomic E-state index is 0.00341. The Morgan fingerprint density at radius 3 is 2.31 bits per heavy atom. The van der Waals surface area contributed by atoms with E-state index in [-0.39, 0.29) is 11.8 Å². The summed E-state index contributed by atoms with van der Waals surface area (Å²) in [7, 11) is 0. The number of carbonyl (C=O) groups excluding carboxylic acids is 2. The summed E-state index contributed by atoms with van der Waals surface area (Å²) in [6.07, 6.45) is 6.85. The van der Waals surface area contributed by atoms with Gasteiger partial charge in [-0.15, -0.1) is 0 Å². The van der Waals surface area contributed by atoms with E-state index in [1.807, 2.05) is 21.9 Å². The van der Waals surface area contributed by atoms with Gasteiger partial charge >= 0.3 is 0 Å². The number of amides is 2. The van der Waals surface area contributed by atoms with Crippen LogP contribution in [0.3, 0.4) is 0 Å². The monoisotopic (exact) mass is 396 g/mol. The Morgan fingerprint density at radius 2 is 1.69 bits per heavy atom. The lowest BCUT2D eigenvalue weighted by atomic mass is 10.0. The van der Waals surface area contributed by atoms with Crippen LogP contribution in [0.2, 0.25) is 0 Å². The van der Waals surface area contributed by atoms with Crippen LogP contribution in [0.5, 0.6) is 0 Å². The van der Waals surface area contributed by atoms with Crippen LogP contribution in [0.25, 0.3) is 11.5 Å². The first-order chi connectivity index (χ1) is 14.1. The van der Waals surface area contributed by atoms with E-state index in [1.54, 1.807) is 19.1 Å². The Labute approximate surface area is 171 Å². The lowest BCUT2D eigenvalue weighted by Crippen LogP contribution is -2.50. The molecule has 154 valence electrons. The highest BCUT2D eigenvalue weighted by Gasteiger charge is 2.25. The second-order valence-electron chi connectivity index (χ2n) is 8.09. The van der Waals surface area contributed by atoms with Crippen LogP contribution in [0.4, 0.5) is 0 Å². The Balaban J connectivity index is 1.27. The molecule has 0 spiro atoms. The zero-order valence-electron chi connectivity index (χ0n) is 17.0. The summed E-state index contributed by atoms with van der Waals surface area (Å²) in [4.78, 5) is 33.2. The number of hydrogen-bond donors (Lipinski definition) is 0. The van der Waals surface area contributed by atoms with Crippen molar-refractivity contribution < 1.29 is 14.1 Å². The number of carbonyl (C=O) groups is 2. The van der Waals surface area contributed by atoms with Crippen LogP contribution in [-0.2, 0) is 4.79 Å². The third kappa shape index (κ3) is 4.66. The molecule has 1 aliphatic heterocycles. The van der Waals surface area contributed by atoms with E-state index in [4.69, 9.17) is 4.52 Å². The van der Waals surface area contributed by atoms with Gasteiger partial charge in [-0.2, -0.15) is 4.98 Å². The third-order valence-corrected chi connectivity index (χ3v) is 6.07. The van der Waals surface area contributed by atoms with E-state index in [2.05, 4.69) is 10.1 Å². The molecule has 0 bridgehead atoms. The van der Waals surface area contributed by atoms with E-state index < -0.39 is 0 Å². The molecule has 4 rings (SSSR count). The van der Waals surface area contributed by atoms with E-state index >= 15 is 0 Å². The maximum absolute atomic E-state index is 12.8. The molecule has 2 aromatic rings. The number of aryl methyl sites for hydroxylation is 1. The first kappa shape index (κ1) is 19.6. The van der Waals surface area contributed by atoms with Gasteiger partial charge in [0.25, 0.3) is 11.8 Å². The summed E-state index contributed by atoms with van der Waals surface area (Å²) in [5.74, 6) is 2.00. The minimum Gasteiger partial charge on any atom is -0.339 e. The Morgan fingerprint density at radius 1 is 1.03 bits per heavy atom. The molecule has 2 amide bonds. The number of nitrogens with zero attached hydrogens (tertiary/aromatic N) is 4. The van der Waals surface area contributed by atoms with Crippen LogP contribution in [0.1, 0.15) is 54.7 Å². The van der Waals surface area contributed by atoms with Crippen molar-refractivity contribution in [2.24, 2.45) is 5.92 Å². The average Bonchev–Trinajstić information content (AvgIpc) is 3.43. The zero-order valence-corrected chi connectivity index (χ0v) is 17.0. The summed E-state index contributed by atoms with van der Waals surface area (Å²) in [5.41, 5.74) is 1.42. The van der Waals surface area contributed by atoms with Gasteiger partial charge in [0, 0.05) is 43.7 Å². The summed E-state index contributed by atoms with van der Waals surface area (Å²) in [5, 5.41) is 3.79. The third-order valence-electron chi connectivity index (χ3n) is 6.07. The second-order valence-corrected chi connectivity index (χ2v) is 8.09. The molecule has 7 nitrogen and oxygen atoms in total. The summed E-state index contributed by atoms with van der Waals surface area (Å²) >= 11 is 0. The summed E-state index contributed by atoms with van der Waals surface area (Å²) < 4.78 is 5.16. The summed E-state index contributed by atoms with van der Waals surface area (Å²) in [6, 6.07) is 7.22. The number of aromatic nitrogens is 2. The van der Waals surface area contributed by atoms with Gasteiger partial charge < -0.3 is 14.3 Å². The molecule has 0 N–H and O–H groups in total. The van der Waals surface area contributed by atoms with E-state index in [0.29, 0.717) is 49.9 Å². The van der Waals surface area contributed by atoms with Crippen molar-refractivity contribution in [2.75, 3.05) is 26.2 Å². The van der Waals surface area contributed by atoms with Crippen molar-refractivity contribution in [3.63, 3.8) is 0 Å². The van der Waals surface area contributed by atoms with Gasteiger partial charge in [-0.1, -0.05) is 30.8 Å². The number of hydrogen-bond acceptors (Lipinski definition) is 5. The molecule has 2 heterocycles. The largest absolute Gasteiger partial charge is 0.339 e. The Kier molecular flexibility index (Phi) is 5.92. The fraction of sp³-hybridized carbons (Fsp3) is 0.545.